The van der Waals surface area contributed by atoms with E-state index < -0.39 is 18.0 Å². The minimum absolute atomic E-state index is 0.190. The molecule has 18 heavy (non-hydrogen) atoms. The van der Waals surface area contributed by atoms with Crippen molar-refractivity contribution in [2.75, 3.05) is 13.2 Å². The molecule has 1 N–H and O–H groups in total. The molecular formula is C13H16FNO3. The molecule has 0 radical (unpaired) electrons. The third kappa shape index (κ3) is 4.32. The normalized spacial score (nSPS) is 13.7. The summed E-state index contributed by atoms with van der Waals surface area (Å²) in [5.41, 5.74) is 0.518. The first kappa shape index (κ1) is 14.4. The van der Waals surface area contributed by atoms with Gasteiger partial charge in [0.25, 0.3) is 0 Å². The summed E-state index contributed by atoms with van der Waals surface area (Å²) in [5.74, 6) is -0.140. The highest BCUT2D eigenvalue weighted by Gasteiger charge is 2.10. The fraction of sp³-hybridized carbons (Fsp3) is 0.462. The number of hydrogen-bond donors (Lipinski definition) is 1. The van der Waals surface area contributed by atoms with Gasteiger partial charge in [0.15, 0.2) is 0 Å². The van der Waals surface area contributed by atoms with Crippen LogP contribution in [0.2, 0.25) is 0 Å². The van der Waals surface area contributed by atoms with Crippen LogP contribution in [0.25, 0.3) is 0 Å². The number of halogens is 1. The lowest BCUT2D eigenvalue weighted by atomic mass is 10.1. The highest BCUT2D eigenvalue weighted by molar-refractivity contribution is 5.35. The number of benzene rings is 1. The fourth-order valence-corrected chi connectivity index (χ4v) is 1.39. The second-order valence-electron chi connectivity index (χ2n) is 3.85. The van der Waals surface area contributed by atoms with Crippen molar-refractivity contribution < 1.29 is 19.0 Å². The van der Waals surface area contributed by atoms with Crippen LogP contribution >= 0.6 is 0 Å². The van der Waals surface area contributed by atoms with E-state index in [4.69, 9.17) is 14.7 Å². The van der Waals surface area contributed by atoms with E-state index in [2.05, 4.69) is 0 Å². The second-order valence-corrected chi connectivity index (χ2v) is 3.85. The topological polar surface area (TPSA) is 62.5 Å². The predicted molar refractivity (Wildman–Crippen MR) is 63.6 cm³/mol. The van der Waals surface area contributed by atoms with Crippen molar-refractivity contribution in [2.24, 2.45) is 0 Å². The van der Waals surface area contributed by atoms with Gasteiger partial charge in [0.2, 0.25) is 0 Å². The molecule has 0 saturated heterocycles. The predicted octanol–water partition coefficient (Wildman–Crippen LogP) is 2.19. The lowest BCUT2D eigenvalue weighted by Gasteiger charge is -2.14. The van der Waals surface area contributed by atoms with Gasteiger partial charge in [-0.05, 0) is 26.0 Å². The zero-order valence-corrected chi connectivity index (χ0v) is 10.4. The van der Waals surface area contributed by atoms with Gasteiger partial charge in [-0.25, -0.2) is 4.39 Å². The fourth-order valence-electron chi connectivity index (χ4n) is 1.39. The van der Waals surface area contributed by atoms with Crippen LogP contribution < -0.4 is 4.74 Å². The zero-order chi connectivity index (χ0) is 13.5. The van der Waals surface area contributed by atoms with Gasteiger partial charge in [-0.2, -0.15) is 5.26 Å². The maximum Gasteiger partial charge on any atom is 0.141 e. The Kier molecular flexibility index (Phi) is 5.56. The molecule has 1 aromatic carbocycles. The minimum Gasteiger partial charge on any atom is -0.491 e. The van der Waals surface area contributed by atoms with Crippen LogP contribution in [-0.4, -0.2) is 24.4 Å². The van der Waals surface area contributed by atoms with E-state index in [0.29, 0.717) is 11.3 Å². The summed E-state index contributed by atoms with van der Waals surface area (Å²) < 4.78 is 23.5. The Morgan fingerprint density at radius 1 is 1.39 bits per heavy atom. The SMILES string of the molecule is CC(C#N)OCCOc1cc(F)ccc1C(C)O. The molecule has 0 amide bonds. The van der Waals surface area contributed by atoms with Crippen molar-refractivity contribution in [3.8, 4) is 11.8 Å². The molecule has 0 aliphatic heterocycles. The molecule has 0 fully saturated rings. The molecule has 0 saturated carbocycles. The standard InChI is InChI=1S/C13H16FNO3/c1-9(8-15)17-5-6-18-13-7-11(14)3-4-12(13)10(2)16/h3-4,7,9-10,16H,5-6H2,1-2H3. The highest BCUT2D eigenvalue weighted by atomic mass is 19.1. The number of aliphatic hydroxyl groups excluding tert-OH is 1. The molecule has 0 heterocycles. The van der Waals surface area contributed by atoms with Crippen LogP contribution in [0, 0.1) is 17.1 Å². The molecule has 0 aromatic heterocycles. The Labute approximate surface area is 106 Å². The molecule has 2 atom stereocenters. The third-order valence-electron chi connectivity index (χ3n) is 2.32. The van der Waals surface area contributed by atoms with Crippen LogP contribution in [-0.2, 0) is 4.74 Å². The average molecular weight is 253 g/mol. The first-order valence-corrected chi connectivity index (χ1v) is 5.66. The number of nitriles is 1. The Balaban J connectivity index is 2.56. The van der Waals surface area contributed by atoms with Gasteiger partial charge in [-0.15, -0.1) is 0 Å². The Morgan fingerprint density at radius 2 is 2.11 bits per heavy atom. The summed E-state index contributed by atoms with van der Waals surface area (Å²) in [6.45, 7) is 3.62. The Bertz CT molecular complexity index is 429. The number of ether oxygens (including phenoxy) is 2. The molecule has 4 nitrogen and oxygen atoms in total. The largest absolute Gasteiger partial charge is 0.491 e. The molecule has 1 rings (SSSR count). The molecule has 0 aliphatic carbocycles. The van der Waals surface area contributed by atoms with Crippen LogP contribution in [0.1, 0.15) is 25.5 Å². The summed E-state index contributed by atoms with van der Waals surface area (Å²) in [6.07, 6.45) is -1.24. The second kappa shape index (κ2) is 6.94. The van der Waals surface area contributed by atoms with E-state index in [1.54, 1.807) is 13.8 Å². The Morgan fingerprint density at radius 3 is 2.72 bits per heavy atom. The molecule has 0 bridgehead atoms. The van der Waals surface area contributed by atoms with E-state index in [1.165, 1.54) is 18.2 Å². The summed E-state index contributed by atoms with van der Waals surface area (Å²) >= 11 is 0. The smallest absolute Gasteiger partial charge is 0.141 e. The number of hydrogen-bond acceptors (Lipinski definition) is 4. The number of aliphatic hydroxyl groups is 1. The van der Waals surface area contributed by atoms with Gasteiger partial charge in [0, 0.05) is 11.6 Å². The highest BCUT2D eigenvalue weighted by Crippen LogP contribution is 2.25. The first-order chi connectivity index (χ1) is 8.54. The van der Waals surface area contributed by atoms with Crippen LogP contribution in [0.15, 0.2) is 18.2 Å². The van der Waals surface area contributed by atoms with E-state index in [-0.39, 0.29) is 13.2 Å². The van der Waals surface area contributed by atoms with Crippen LogP contribution in [0.4, 0.5) is 4.39 Å². The quantitative estimate of drug-likeness (QED) is 0.789. The summed E-state index contributed by atoms with van der Waals surface area (Å²) in [7, 11) is 0. The monoisotopic (exact) mass is 253 g/mol. The van der Waals surface area contributed by atoms with Crippen molar-refractivity contribution in [1.29, 1.82) is 5.26 Å². The molecule has 0 aliphatic rings. The van der Waals surface area contributed by atoms with Crippen molar-refractivity contribution in [3.63, 3.8) is 0 Å². The van der Waals surface area contributed by atoms with E-state index in [1.807, 2.05) is 6.07 Å². The van der Waals surface area contributed by atoms with Crippen molar-refractivity contribution >= 4 is 0 Å². The molecular weight excluding hydrogens is 237 g/mol. The maximum atomic E-state index is 13.1. The number of rotatable bonds is 6. The van der Waals surface area contributed by atoms with Gasteiger partial charge in [-0.3, -0.25) is 0 Å². The lowest BCUT2D eigenvalue weighted by Crippen LogP contribution is -2.13. The zero-order valence-electron chi connectivity index (χ0n) is 10.4. The third-order valence-corrected chi connectivity index (χ3v) is 2.32. The van der Waals surface area contributed by atoms with Crippen LogP contribution in [0.3, 0.4) is 0 Å². The van der Waals surface area contributed by atoms with Gasteiger partial charge < -0.3 is 14.6 Å². The van der Waals surface area contributed by atoms with E-state index in [0.717, 1.165) is 0 Å². The minimum atomic E-state index is -0.737. The van der Waals surface area contributed by atoms with Crippen LogP contribution in [0.5, 0.6) is 5.75 Å². The van der Waals surface area contributed by atoms with E-state index >= 15 is 0 Å². The Hall–Kier alpha value is -1.64. The van der Waals surface area contributed by atoms with Crippen molar-refractivity contribution in [1.82, 2.24) is 0 Å². The summed E-state index contributed by atoms with van der Waals surface area (Å²) in [4.78, 5) is 0. The maximum absolute atomic E-state index is 13.1. The van der Waals surface area contributed by atoms with Crippen molar-refractivity contribution in [2.45, 2.75) is 26.1 Å². The molecule has 0 spiro atoms. The van der Waals surface area contributed by atoms with Gasteiger partial charge in [-0.1, -0.05) is 0 Å². The first-order valence-electron chi connectivity index (χ1n) is 5.66. The van der Waals surface area contributed by atoms with Crippen molar-refractivity contribution in [3.05, 3.63) is 29.6 Å². The molecule has 1 aromatic rings. The average Bonchev–Trinajstić information content (AvgIpc) is 2.34. The van der Waals surface area contributed by atoms with Gasteiger partial charge in [0.1, 0.15) is 24.3 Å². The summed E-state index contributed by atoms with van der Waals surface area (Å²) in [6, 6.07) is 5.89. The molecule has 98 valence electrons. The molecule has 2 unspecified atom stereocenters. The molecule has 5 heteroatoms. The lowest BCUT2D eigenvalue weighted by molar-refractivity contribution is 0.0730. The van der Waals surface area contributed by atoms with Gasteiger partial charge >= 0.3 is 0 Å². The summed E-state index contributed by atoms with van der Waals surface area (Å²) in [5, 5.41) is 18.0. The van der Waals surface area contributed by atoms with Gasteiger partial charge in [0.05, 0.1) is 18.8 Å². The van der Waals surface area contributed by atoms with E-state index in [9.17, 15) is 9.50 Å². The number of nitrogens with zero attached hydrogens (tertiary/aromatic N) is 1.